The van der Waals surface area contributed by atoms with Gasteiger partial charge in [-0.2, -0.15) is 0 Å². The maximum absolute atomic E-state index is 5.78. The Morgan fingerprint density at radius 3 is 2.89 bits per heavy atom. The predicted octanol–water partition coefficient (Wildman–Crippen LogP) is 1.30. The summed E-state index contributed by atoms with van der Waals surface area (Å²) in [5.41, 5.74) is 0. The van der Waals surface area contributed by atoms with Crippen molar-refractivity contribution >= 4 is 5.82 Å². The average molecular weight is 250 g/mol. The zero-order chi connectivity index (χ0) is 12.6. The second-order valence-corrected chi connectivity index (χ2v) is 4.27. The van der Waals surface area contributed by atoms with E-state index in [1.54, 1.807) is 6.07 Å². The molecule has 5 heteroatoms. The van der Waals surface area contributed by atoms with Crippen molar-refractivity contribution in [1.29, 1.82) is 0 Å². The molecule has 1 saturated heterocycles. The van der Waals surface area contributed by atoms with Crippen LogP contribution in [-0.4, -0.2) is 49.2 Å². The number of hydrogen-bond donors (Lipinski definition) is 0. The molecule has 0 saturated carbocycles. The van der Waals surface area contributed by atoms with Crippen molar-refractivity contribution in [2.75, 3.05) is 37.8 Å². The van der Waals surface area contributed by atoms with Crippen molar-refractivity contribution in [1.82, 2.24) is 10.2 Å². The van der Waals surface area contributed by atoms with E-state index in [0.717, 1.165) is 38.4 Å². The monoisotopic (exact) mass is 250 g/mol. The van der Waals surface area contributed by atoms with E-state index in [2.05, 4.69) is 21.3 Å². The standard InChI is InChI=1S/C13H20N3O2/c1-2-17-10-11-18-12-5-8-16(9-6-12)13-4-3-7-14-15-13/h3-4,12H,2,5-6,8-11H2,1H3. The van der Waals surface area contributed by atoms with Gasteiger partial charge in [0.15, 0.2) is 5.82 Å². The molecule has 0 aliphatic carbocycles. The van der Waals surface area contributed by atoms with Gasteiger partial charge in [-0.25, -0.2) is 0 Å². The van der Waals surface area contributed by atoms with Crippen molar-refractivity contribution in [3.05, 3.63) is 18.3 Å². The van der Waals surface area contributed by atoms with Gasteiger partial charge in [0.1, 0.15) is 6.20 Å². The van der Waals surface area contributed by atoms with Crippen LogP contribution in [-0.2, 0) is 9.47 Å². The number of anilines is 1. The normalized spacial score (nSPS) is 17.1. The molecule has 1 fully saturated rings. The van der Waals surface area contributed by atoms with Gasteiger partial charge in [0.05, 0.1) is 19.3 Å². The van der Waals surface area contributed by atoms with Crippen LogP contribution in [0.5, 0.6) is 0 Å². The fourth-order valence-electron chi connectivity index (χ4n) is 2.10. The van der Waals surface area contributed by atoms with Crippen molar-refractivity contribution in [3.8, 4) is 0 Å². The SMILES string of the molecule is CCOCCOC1CCN(c2cc[c]nn2)CC1. The number of piperidine rings is 1. The van der Waals surface area contributed by atoms with Crippen LogP contribution in [0.25, 0.3) is 0 Å². The Morgan fingerprint density at radius 1 is 1.39 bits per heavy atom. The van der Waals surface area contributed by atoms with Crippen LogP contribution in [0.2, 0.25) is 0 Å². The van der Waals surface area contributed by atoms with Gasteiger partial charge in [0, 0.05) is 19.7 Å². The lowest BCUT2D eigenvalue weighted by Gasteiger charge is -2.32. The van der Waals surface area contributed by atoms with Crippen LogP contribution in [0.1, 0.15) is 19.8 Å². The molecule has 2 heterocycles. The molecular formula is C13H20N3O2. The maximum atomic E-state index is 5.78. The first-order valence-electron chi connectivity index (χ1n) is 6.54. The molecule has 1 radical (unpaired) electrons. The zero-order valence-electron chi connectivity index (χ0n) is 10.8. The van der Waals surface area contributed by atoms with Gasteiger partial charge in [0.25, 0.3) is 0 Å². The van der Waals surface area contributed by atoms with E-state index in [1.807, 2.05) is 13.0 Å². The average Bonchev–Trinajstić information content (AvgIpc) is 2.45. The first kappa shape index (κ1) is 13.2. The molecular weight excluding hydrogens is 230 g/mol. The van der Waals surface area contributed by atoms with E-state index in [1.165, 1.54) is 0 Å². The fourth-order valence-corrected chi connectivity index (χ4v) is 2.10. The van der Waals surface area contributed by atoms with Crippen LogP contribution in [0, 0.1) is 6.20 Å². The number of nitrogens with zero attached hydrogens (tertiary/aromatic N) is 3. The second kappa shape index (κ2) is 7.28. The van der Waals surface area contributed by atoms with E-state index in [-0.39, 0.29) is 0 Å². The van der Waals surface area contributed by atoms with Crippen molar-refractivity contribution in [3.63, 3.8) is 0 Å². The topological polar surface area (TPSA) is 47.5 Å². The third-order valence-electron chi connectivity index (χ3n) is 3.07. The van der Waals surface area contributed by atoms with Gasteiger partial charge in [-0.15, -0.1) is 10.2 Å². The third kappa shape index (κ3) is 3.92. The molecule has 1 aromatic rings. The minimum atomic E-state index is 0.352. The minimum Gasteiger partial charge on any atom is -0.379 e. The highest BCUT2D eigenvalue weighted by Crippen LogP contribution is 2.18. The number of aromatic nitrogens is 2. The van der Waals surface area contributed by atoms with Crippen LogP contribution in [0.4, 0.5) is 5.82 Å². The highest BCUT2D eigenvalue weighted by molar-refractivity contribution is 5.36. The smallest absolute Gasteiger partial charge is 0.151 e. The van der Waals surface area contributed by atoms with E-state index in [9.17, 15) is 0 Å². The molecule has 0 atom stereocenters. The molecule has 99 valence electrons. The van der Waals surface area contributed by atoms with Crippen molar-refractivity contribution < 1.29 is 9.47 Å². The lowest BCUT2D eigenvalue weighted by Crippen LogP contribution is -2.38. The third-order valence-corrected chi connectivity index (χ3v) is 3.07. The lowest BCUT2D eigenvalue weighted by atomic mass is 10.1. The van der Waals surface area contributed by atoms with Gasteiger partial charge >= 0.3 is 0 Å². The number of ether oxygens (including phenoxy) is 2. The van der Waals surface area contributed by atoms with Crippen LogP contribution >= 0.6 is 0 Å². The highest BCUT2D eigenvalue weighted by atomic mass is 16.5. The molecule has 1 aliphatic heterocycles. The van der Waals surface area contributed by atoms with Crippen LogP contribution in [0.3, 0.4) is 0 Å². The Labute approximate surface area is 108 Å². The molecule has 2 rings (SSSR count). The maximum Gasteiger partial charge on any atom is 0.151 e. The molecule has 1 aliphatic rings. The molecule has 0 aromatic carbocycles. The number of rotatable bonds is 6. The summed E-state index contributed by atoms with van der Waals surface area (Å²) in [6.07, 6.45) is 5.11. The molecule has 0 bridgehead atoms. The van der Waals surface area contributed by atoms with Gasteiger partial charge in [0.2, 0.25) is 0 Å². The second-order valence-electron chi connectivity index (χ2n) is 4.27. The summed E-state index contributed by atoms with van der Waals surface area (Å²) in [5, 5.41) is 7.86. The highest BCUT2D eigenvalue weighted by Gasteiger charge is 2.20. The summed E-state index contributed by atoms with van der Waals surface area (Å²) in [7, 11) is 0. The molecule has 0 amide bonds. The molecule has 18 heavy (non-hydrogen) atoms. The van der Waals surface area contributed by atoms with Crippen LogP contribution in [0.15, 0.2) is 12.1 Å². The summed E-state index contributed by atoms with van der Waals surface area (Å²) in [6.45, 7) is 6.08. The fraction of sp³-hybridized carbons (Fsp3) is 0.692. The lowest BCUT2D eigenvalue weighted by molar-refractivity contribution is -0.00236. The van der Waals surface area contributed by atoms with E-state index in [4.69, 9.17) is 9.47 Å². The summed E-state index contributed by atoms with van der Waals surface area (Å²) < 4.78 is 11.0. The Hall–Kier alpha value is -1.20. The summed E-state index contributed by atoms with van der Waals surface area (Å²) in [4.78, 5) is 2.24. The quantitative estimate of drug-likeness (QED) is 0.712. The van der Waals surface area contributed by atoms with Crippen LogP contribution < -0.4 is 4.90 Å². The Kier molecular flexibility index (Phi) is 5.36. The largest absolute Gasteiger partial charge is 0.379 e. The van der Waals surface area contributed by atoms with Gasteiger partial charge in [-0.1, -0.05) is 0 Å². The van der Waals surface area contributed by atoms with E-state index in [0.29, 0.717) is 19.3 Å². The first-order chi connectivity index (χ1) is 8.90. The molecule has 0 spiro atoms. The van der Waals surface area contributed by atoms with E-state index < -0.39 is 0 Å². The van der Waals surface area contributed by atoms with Gasteiger partial charge in [-0.05, 0) is 31.9 Å². The van der Waals surface area contributed by atoms with E-state index >= 15 is 0 Å². The molecule has 0 unspecified atom stereocenters. The van der Waals surface area contributed by atoms with Gasteiger partial charge in [-0.3, -0.25) is 0 Å². The van der Waals surface area contributed by atoms with Gasteiger partial charge < -0.3 is 14.4 Å². The minimum absolute atomic E-state index is 0.352. The summed E-state index contributed by atoms with van der Waals surface area (Å²) in [5.74, 6) is 0.932. The Bertz CT molecular complexity index is 326. The molecule has 5 nitrogen and oxygen atoms in total. The molecule has 0 N–H and O–H groups in total. The first-order valence-corrected chi connectivity index (χ1v) is 6.54. The Balaban J connectivity index is 1.68. The zero-order valence-corrected chi connectivity index (χ0v) is 10.8. The Morgan fingerprint density at radius 2 is 2.22 bits per heavy atom. The van der Waals surface area contributed by atoms with Crippen molar-refractivity contribution in [2.24, 2.45) is 0 Å². The summed E-state index contributed by atoms with van der Waals surface area (Å²) in [6, 6.07) is 3.75. The molecule has 1 aromatic heterocycles. The predicted molar refractivity (Wildman–Crippen MR) is 68.5 cm³/mol. The number of hydrogen-bond acceptors (Lipinski definition) is 5. The summed E-state index contributed by atoms with van der Waals surface area (Å²) >= 11 is 0. The van der Waals surface area contributed by atoms with Crippen molar-refractivity contribution in [2.45, 2.75) is 25.9 Å².